The fourth-order valence-corrected chi connectivity index (χ4v) is 4.71. The van der Waals surface area contributed by atoms with Crippen molar-refractivity contribution < 1.29 is 53.4 Å². The summed E-state index contributed by atoms with van der Waals surface area (Å²) in [6.07, 6.45) is -0.624. The molecule has 5 atom stereocenters. The molecule has 2 heterocycles. The van der Waals surface area contributed by atoms with Gasteiger partial charge in [0.15, 0.2) is 0 Å². The zero-order chi connectivity index (χ0) is 34.9. The van der Waals surface area contributed by atoms with E-state index in [2.05, 4.69) is 42.5 Å². The van der Waals surface area contributed by atoms with E-state index in [-0.39, 0.29) is 51.6 Å². The lowest BCUT2D eigenvalue weighted by Gasteiger charge is -2.23. The first-order chi connectivity index (χ1) is 22.2. The molecule has 0 spiro atoms. The van der Waals surface area contributed by atoms with Gasteiger partial charge in [-0.15, -0.1) is 0 Å². The number of carboxylic acid groups (broad SMARTS) is 1. The Morgan fingerprint density at radius 2 is 1.62 bits per heavy atom. The normalized spacial score (nSPS) is 23.3. The molecule has 262 valence electrons. The van der Waals surface area contributed by atoms with E-state index in [1.54, 1.807) is 0 Å². The van der Waals surface area contributed by atoms with E-state index in [4.69, 9.17) is 10.8 Å². The Labute approximate surface area is 269 Å². The molecule has 0 aliphatic carbocycles. The van der Waals surface area contributed by atoms with Gasteiger partial charge in [-0.2, -0.15) is 0 Å². The van der Waals surface area contributed by atoms with Gasteiger partial charge < -0.3 is 58.5 Å². The minimum Gasteiger partial charge on any atom is -0.480 e. The van der Waals surface area contributed by atoms with Crippen LogP contribution >= 0.6 is 0 Å². The van der Waals surface area contributed by atoms with E-state index < -0.39 is 103 Å². The average molecular weight is 670 g/mol. The predicted molar refractivity (Wildman–Crippen MR) is 159 cm³/mol. The molecule has 12 N–H and O–H groups in total. The highest BCUT2D eigenvalue weighted by Gasteiger charge is 2.30. The van der Waals surface area contributed by atoms with Gasteiger partial charge in [-0.05, 0) is 38.5 Å². The van der Waals surface area contributed by atoms with Crippen molar-refractivity contribution in [3.8, 4) is 0 Å². The number of β-amino-alcohol motifs (C(OH)–C–C–N with tert-alkyl or cyclic N) is 1. The van der Waals surface area contributed by atoms with Gasteiger partial charge in [0.1, 0.15) is 24.7 Å². The summed E-state index contributed by atoms with van der Waals surface area (Å²) in [5.74, 6) is -7.17. The van der Waals surface area contributed by atoms with Crippen LogP contribution in [0.4, 0.5) is 0 Å². The Kier molecular flexibility index (Phi) is 16.0. The third-order valence-electron chi connectivity index (χ3n) is 7.20. The molecular weight excluding hydrogens is 626 g/mol. The number of aliphatic hydroxyl groups is 1. The third kappa shape index (κ3) is 14.9. The fraction of sp³-hybridized carbons (Fsp3) is 0.667. The Morgan fingerprint density at radius 1 is 0.915 bits per heavy atom. The summed E-state index contributed by atoms with van der Waals surface area (Å²) >= 11 is 0. The molecule has 20 heteroatoms. The zero-order valence-corrected chi connectivity index (χ0v) is 25.7. The first-order valence-electron chi connectivity index (χ1n) is 15.2. The van der Waals surface area contributed by atoms with E-state index in [1.165, 1.54) is 0 Å². The highest BCUT2D eigenvalue weighted by molar-refractivity contribution is 5.95. The molecule has 2 aliphatic heterocycles. The number of hydrogen-bond acceptors (Lipinski definition) is 11. The van der Waals surface area contributed by atoms with Crippen LogP contribution in [0.2, 0.25) is 0 Å². The van der Waals surface area contributed by atoms with Gasteiger partial charge in [-0.25, -0.2) is 0 Å². The Balaban J connectivity index is 2.08. The molecule has 0 saturated carbocycles. The maximum absolute atomic E-state index is 13.2. The summed E-state index contributed by atoms with van der Waals surface area (Å²) < 4.78 is 0. The van der Waals surface area contributed by atoms with Crippen molar-refractivity contribution in [2.24, 2.45) is 5.73 Å². The summed E-state index contributed by atoms with van der Waals surface area (Å²) in [7, 11) is 0. The van der Waals surface area contributed by atoms with E-state index in [1.807, 2.05) is 0 Å². The number of primary amides is 1. The number of aliphatic carboxylic acids is 1. The third-order valence-corrected chi connectivity index (χ3v) is 7.20. The second-order valence-corrected chi connectivity index (χ2v) is 11.1. The van der Waals surface area contributed by atoms with Crippen LogP contribution in [0.15, 0.2) is 0 Å². The van der Waals surface area contributed by atoms with Gasteiger partial charge in [0.05, 0.1) is 25.2 Å². The van der Waals surface area contributed by atoms with Crippen molar-refractivity contribution >= 4 is 53.2 Å². The number of amides is 8. The minimum atomic E-state index is -1.38. The van der Waals surface area contributed by atoms with Crippen LogP contribution < -0.4 is 48.3 Å². The average Bonchev–Trinajstić information content (AvgIpc) is 3.46. The zero-order valence-electron chi connectivity index (χ0n) is 25.7. The Morgan fingerprint density at radius 3 is 2.28 bits per heavy atom. The largest absolute Gasteiger partial charge is 0.480 e. The quantitative estimate of drug-likeness (QED) is 0.0925. The highest BCUT2D eigenvalue weighted by atomic mass is 16.4. The van der Waals surface area contributed by atoms with Crippen LogP contribution in [-0.2, 0) is 43.2 Å². The second-order valence-electron chi connectivity index (χ2n) is 11.1. The van der Waals surface area contributed by atoms with Gasteiger partial charge in [0.25, 0.3) is 0 Å². The molecule has 8 amide bonds. The molecule has 47 heavy (non-hydrogen) atoms. The summed E-state index contributed by atoms with van der Waals surface area (Å²) in [6.45, 7) is -1.42. The van der Waals surface area contributed by atoms with Crippen molar-refractivity contribution in [1.82, 2.24) is 42.5 Å². The number of carbonyl (C=O) groups excluding carboxylic acids is 8. The van der Waals surface area contributed by atoms with Crippen LogP contribution in [0.3, 0.4) is 0 Å². The number of nitrogens with two attached hydrogens (primary N) is 1. The van der Waals surface area contributed by atoms with Gasteiger partial charge in [0, 0.05) is 25.9 Å². The smallest absolute Gasteiger partial charge is 0.322 e. The lowest BCUT2D eigenvalue weighted by molar-refractivity contribution is -0.138. The topological polar surface area (TPSA) is 316 Å². The summed E-state index contributed by atoms with van der Waals surface area (Å²) in [5, 5.41) is 37.9. The van der Waals surface area contributed by atoms with Gasteiger partial charge in [0.2, 0.25) is 47.3 Å². The van der Waals surface area contributed by atoms with Crippen LogP contribution in [0.25, 0.3) is 0 Å². The maximum atomic E-state index is 13.2. The summed E-state index contributed by atoms with van der Waals surface area (Å²) in [5.41, 5.74) is 5.21. The molecule has 0 bridgehead atoms. The van der Waals surface area contributed by atoms with E-state index in [9.17, 15) is 48.3 Å². The minimum absolute atomic E-state index is 0.127. The number of carbonyl (C=O) groups is 9. The van der Waals surface area contributed by atoms with Gasteiger partial charge in [-0.3, -0.25) is 43.2 Å². The van der Waals surface area contributed by atoms with Gasteiger partial charge in [-0.1, -0.05) is 0 Å². The molecule has 2 fully saturated rings. The molecule has 0 aromatic heterocycles. The number of hydrogen-bond donors (Lipinski definition) is 11. The molecule has 2 saturated heterocycles. The van der Waals surface area contributed by atoms with Gasteiger partial charge >= 0.3 is 5.97 Å². The Bertz CT molecular complexity index is 1200. The molecule has 20 nitrogen and oxygen atoms in total. The predicted octanol–water partition coefficient (Wildman–Crippen LogP) is -6.06. The molecule has 0 radical (unpaired) electrons. The molecule has 2 rings (SSSR count). The first kappa shape index (κ1) is 38.3. The van der Waals surface area contributed by atoms with Crippen LogP contribution in [-0.4, -0.2) is 126 Å². The molecular formula is C27H43N9O11. The van der Waals surface area contributed by atoms with Crippen molar-refractivity contribution in [1.29, 1.82) is 0 Å². The lowest BCUT2D eigenvalue weighted by Crippen LogP contribution is -2.56. The second kappa shape index (κ2) is 19.6. The van der Waals surface area contributed by atoms with Crippen molar-refractivity contribution in [3.05, 3.63) is 0 Å². The molecule has 2 aliphatic rings. The van der Waals surface area contributed by atoms with Crippen molar-refractivity contribution in [3.63, 3.8) is 0 Å². The molecule has 0 aromatic rings. The summed E-state index contributed by atoms with van der Waals surface area (Å²) in [6, 6.07) is -4.59. The monoisotopic (exact) mass is 669 g/mol. The van der Waals surface area contributed by atoms with Crippen LogP contribution in [0.1, 0.15) is 51.4 Å². The fourth-order valence-electron chi connectivity index (χ4n) is 4.71. The molecule has 0 aromatic carbocycles. The SMILES string of the molecule is NC(=O)CC[C@H](NC(=O)CNC(=O)[C@@H]1C[C@@H](O)CN1)C(=O)N[C@H]1CCC(=O)NCCCC[C@@H](C(=O)NCC(=O)O)NC(=O)CNC1=O. The van der Waals surface area contributed by atoms with E-state index >= 15 is 0 Å². The number of nitrogens with one attached hydrogen (secondary N) is 8. The standard InChI is InChI=1S/C27H43N9O11/c28-19(38)6-4-17(35-22(41)12-32-26(46)18-9-14(37)10-30-18)27(47)36-16-5-7-20(39)29-8-2-1-3-15(24(44)33-13-23(42)43)34-21(40)11-31-25(16)45/h14-18,30,37H,1-13H2,(H2,28,38)(H,29,39)(H,31,45)(H,32,46)(H,33,44)(H,34,40)(H,35,41)(H,36,47)(H,42,43)/t14-,15+,16+,17+,18+/m1/s1. The molecule has 0 unspecified atom stereocenters. The summed E-state index contributed by atoms with van der Waals surface area (Å²) in [4.78, 5) is 111. The van der Waals surface area contributed by atoms with E-state index in [0.717, 1.165) is 0 Å². The first-order valence-corrected chi connectivity index (χ1v) is 15.2. The van der Waals surface area contributed by atoms with Crippen molar-refractivity contribution in [2.45, 2.75) is 81.6 Å². The number of carboxylic acids is 1. The van der Waals surface area contributed by atoms with Crippen LogP contribution in [0, 0.1) is 0 Å². The maximum Gasteiger partial charge on any atom is 0.322 e. The van der Waals surface area contributed by atoms with Crippen molar-refractivity contribution in [2.75, 3.05) is 32.7 Å². The highest BCUT2D eigenvalue weighted by Crippen LogP contribution is 2.07. The number of aliphatic hydroxyl groups excluding tert-OH is 1. The number of rotatable bonds is 12. The Hall–Kier alpha value is -4.85. The lowest BCUT2D eigenvalue weighted by atomic mass is 10.1. The van der Waals surface area contributed by atoms with E-state index in [0.29, 0.717) is 12.8 Å². The van der Waals surface area contributed by atoms with Crippen LogP contribution in [0.5, 0.6) is 0 Å².